The second-order valence-electron chi connectivity index (χ2n) is 4.96. The van der Waals surface area contributed by atoms with E-state index in [0.29, 0.717) is 11.1 Å². The first-order chi connectivity index (χ1) is 9.85. The quantitative estimate of drug-likeness (QED) is 0.811. The first kappa shape index (κ1) is 15.9. The van der Waals surface area contributed by atoms with E-state index < -0.39 is 17.7 Å². The molecule has 2 aromatic rings. The second-order valence-corrected chi connectivity index (χ2v) is 5.37. The third-order valence-corrected chi connectivity index (χ3v) is 3.78. The first-order valence-electron chi connectivity index (χ1n) is 6.43. The molecule has 0 aromatic heterocycles. The van der Waals surface area contributed by atoms with Crippen molar-refractivity contribution < 1.29 is 13.2 Å². The van der Waals surface area contributed by atoms with Crippen LogP contribution in [0.15, 0.2) is 24.3 Å². The second kappa shape index (κ2) is 6.08. The maximum atomic E-state index is 14.1. The fourth-order valence-corrected chi connectivity index (χ4v) is 2.74. The highest BCUT2D eigenvalue weighted by molar-refractivity contribution is 6.30. The van der Waals surface area contributed by atoms with E-state index in [1.54, 1.807) is 20.9 Å². The van der Waals surface area contributed by atoms with E-state index in [0.717, 1.165) is 17.7 Å². The summed E-state index contributed by atoms with van der Waals surface area (Å²) in [5.74, 6) is -1.65. The zero-order chi connectivity index (χ0) is 15.7. The molecule has 1 unspecified atom stereocenters. The van der Waals surface area contributed by atoms with Crippen molar-refractivity contribution in [2.75, 3.05) is 7.05 Å². The summed E-state index contributed by atoms with van der Waals surface area (Å²) < 4.78 is 41.2. The standard InChI is InChI=1S/C16H15ClF3N/c1-8-4-10(18)5-9(2)15(8)16(21-3)11-6-14(20)12(17)7-13(11)19/h4-7,16,21H,1-3H3. The predicted octanol–water partition coefficient (Wildman–Crippen LogP) is 4.68. The Morgan fingerprint density at radius 2 is 1.52 bits per heavy atom. The summed E-state index contributed by atoms with van der Waals surface area (Å²) in [5, 5.41) is 2.69. The highest BCUT2D eigenvalue weighted by Crippen LogP contribution is 2.32. The van der Waals surface area contributed by atoms with Crippen LogP contribution in [0.4, 0.5) is 13.2 Å². The van der Waals surface area contributed by atoms with Crippen LogP contribution in [-0.2, 0) is 0 Å². The van der Waals surface area contributed by atoms with Crippen LogP contribution >= 0.6 is 11.6 Å². The highest BCUT2D eigenvalue weighted by atomic mass is 35.5. The molecule has 0 radical (unpaired) electrons. The summed E-state index contributed by atoms with van der Waals surface area (Å²) in [6.45, 7) is 3.47. The molecule has 0 amide bonds. The normalized spacial score (nSPS) is 12.5. The summed E-state index contributed by atoms with van der Waals surface area (Å²) in [6, 6.07) is 4.18. The van der Waals surface area contributed by atoms with Gasteiger partial charge in [0.15, 0.2) is 0 Å². The van der Waals surface area contributed by atoms with Crippen molar-refractivity contribution in [2.24, 2.45) is 0 Å². The number of nitrogens with one attached hydrogen (secondary N) is 1. The molecule has 2 rings (SSSR count). The minimum Gasteiger partial charge on any atom is -0.309 e. The highest BCUT2D eigenvalue weighted by Gasteiger charge is 2.22. The Bertz CT molecular complexity index is 662. The molecular formula is C16H15ClF3N. The molecule has 0 bridgehead atoms. The molecule has 112 valence electrons. The van der Waals surface area contributed by atoms with Crippen molar-refractivity contribution in [3.8, 4) is 0 Å². The minimum absolute atomic E-state index is 0.136. The maximum absolute atomic E-state index is 14.1. The molecule has 2 aromatic carbocycles. The Hall–Kier alpha value is -1.52. The summed E-state index contributed by atoms with van der Waals surface area (Å²) >= 11 is 5.58. The van der Waals surface area contributed by atoms with Gasteiger partial charge in [-0.2, -0.15) is 0 Å². The van der Waals surface area contributed by atoms with Gasteiger partial charge in [0, 0.05) is 5.56 Å². The van der Waals surface area contributed by atoms with Crippen LogP contribution in [0.3, 0.4) is 0 Å². The molecule has 21 heavy (non-hydrogen) atoms. The van der Waals surface area contributed by atoms with Crippen LogP contribution in [0.1, 0.15) is 28.3 Å². The summed E-state index contributed by atoms with van der Waals surface area (Å²) in [7, 11) is 1.64. The molecular weight excluding hydrogens is 299 g/mol. The van der Waals surface area contributed by atoms with Gasteiger partial charge in [-0.05, 0) is 61.9 Å². The van der Waals surface area contributed by atoms with E-state index in [1.807, 2.05) is 0 Å². The van der Waals surface area contributed by atoms with Crippen molar-refractivity contribution in [3.63, 3.8) is 0 Å². The predicted molar refractivity (Wildman–Crippen MR) is 78.1 cm³/mol. The van der Waals surface area contributed by atoms with Crippen molar-refractivity contribution in [3.05, 3.63) is 69.0 Å². The van der Waals surface area contributed by atoms with Crippen molar-refractivity contribution in [2.45, 2.75) is 19.9 Å². The Morgan fingerprint density at radius 3 is 2.05 bits per heavy atom. The molecule has 0 heterocycles. The Kier molecular flexibility index (Phi) is 4.59. The van der Waals surface area contributed by atoms with Crippen LogP contribution in [0, 0.1) is 31.3 Å². The van der Waals surface area contributed by atoms with Crippen LogP contribution in [0.5, 0.6) is 0 Å². The molecule has 0 saturated carbocycles. The van der Waals surface area contributed by atoms with Gasteiger partial charge in [-0.15, -0.1) is 0 Å². The van der Waals surface area contributed by atoms with Crippen molar-refractivity contribution >= 4 is 11.6 Å². The van der Waals surface area contributed by atoms with Gasteiger partial charge in [0.25, 0.3) is 0 Å². The van der Waals surface area contributed by atoms with Crippen LogP contribution < -0.4 is 5.32 Å². The summed E-state index contributed by atoms with van der Waals surface area (Å²) in [4.78, 5) is 0. The number of hydrogen-bond donors (Lipinski definition) is 1. The van der Waals surface area contributed by atoms with Gasteiger partial charge >= 0.3 is 0 Å². The smallest absolute Gasteiger partial charge is 0.142 e. The van der Waals surface area contributed by atoms with E-state index in [9.17, 15) is 13.2 Å². The third kappa shape index (κ3) is 3.06. The molecule has 0 fully saturated rings. The fourth-order valence-electron chi connectivity index (χ4n) is 2.59. The average Bonchev–Trinajstić information content (AvgIpc) is 2.38. The maximum Gasteiger partial charge on any atom is 0.142 e. The molecule has 1 nitrogen and oxygen atoms in total. The van der Waals surface area contributed by atoms with Gasteiger partial charge < -0.3 is 5.32 Å². The van der Waals surface area contributed by atoms with E-state index in [2.05, 4.69) is 5.32 Å². The molecule has 0 spiro atoms. The van der Waals surface area contributed by atoms with Gasteiger partial charge in [0.05, 0.1) is 11.1 Å². The van der Waals surface area contributed by atoms with Gasteiger partial charge in [-0.1, -0.05) is 11.6 Å². The van der Waals surface area contributed by atoms with E-state index in [-0.39, 0.29) is 16.4 Å². The first-order valence-corrected chi connectivity index (χ1v) is 6.81. The number of rotatable bonds is 3. The largest absolute Gasteiger partial charge is 0.309 e. The monoisotopic (exact) mass is 313 g/mol. The van der Waals surface area contributed by atoms with Crippen molar-refractivity contribution in [1.82, 2.24) is 5.32 Å². The van der Waals surface area contributed by atoms with Crippen LogP contribution in [0.25, 0.3) is 0 Å². The molecule has 0 aliphatic heterocycles. The van der Waals surface area contributed by atoms with E-state index in [1.165, 1.54) is 12.1 Å². The number of aryl methyl sites for hydroxylation is 2. The fraction of sp³-hybridized carbons (Fsp3) is 0.250. The lowest BCUT2D eigenvalue weighted by Crippen LogP contribution is -2.21. The Balaban J connectivity index is 2.63. The molecule has 1 N–H and O–H groups in total. The Morgan fingerprint density at radius 1 is 0.952 bits per heavy atom. The number of benzene rings is 2. The van der Waals surface area contributed by atoms with Gasteiger partial charge in [-0.25, -0.2) is 13.2 Å². The molecule has 0 saturated heterocycles. The molecule has 0 aliphatic rings. The van der Waals surface area contributed by atoms with Crippen LogP contribution in [0.2, 0.25) is 5.02 Å². The summed E-state index contributed by atoms with van der Waals surface area (Å²) in [5.41, 5.74) is 2.19. The third-order valence-electron chi connectivity index (χ3n) is 3.49. The van der Waals surface area contributed by atoms with Gasteiger partial charge in [0.1, 0.15) is 17.5 Å². The zero-order valence-corrected chi connectivity index (χ0v) is 12.7. The van der Waals surface area contributed by atoms with Gasteiger partial charge in [-0.3, -0.25) is 0 Å². The van der Waals surface area contributed by atoms with E-state index in [4.69, 9.17) is 11.6 Å². The lowest BCUT2D eigenvalue weighted by atomic mass is 9.91. The average molecular weight is 314 g/mol. The zero-order valence-electron chi connectivity index (χ0n) is 11.9. The lowest BCUT2D eigenvalue weighted by molar-refractivity contribution is 0.555. The molecule has 1 atom stereocenters. The van der Waals surface area contributed by atoms with Crippen molar-refractivity contribution in [1.29, 1.82) is 0 Å². The molecule has 0 aliphatic carbocycles. The van der Waals surface area contributed by atoms with E-state index >= 15 is 0 Å². The topological polar surface area (TPSA) is 12.0 Å². The number of halogens is 4. The lowest BCUT2D eigenvalue weighted by Gasteiger charge is -2.22. The SMILES string of the molecule is CNC(c1cc(F)c(Cl)cc1F)c1c(C)cc(F)cc1C. The summed E-state index contributed by atoms with van der Waals surface area (Å²) in [6.07, 6.45) is 0. The van der Waals surface area contributed by atoms with Gasteiger partial charge in [0.2, 0.25) is 0 Å². The Labute approximate surface area is 126 Å². The minimum atomic E-state index is -0.689. The van der Waals surface area contributed by atoms with Crippen LogP contribution in [-0.4, -0.2) is 7.05 Å². The number of hydrogen-bond acceptors (Lipinski definition) is 1. The molecule has 5 heteroatoms.